The van der Waals surface area contributed by atoms with Gasteiger partial charge in [0.05, 0.1) is 0 Å². The first-order valence-electron chi connectivity index (χ1n) is 9.29. The first kappa shape index (κ1) is 19.0. The number of aromatic nitrogens is 3. The van der Waals surface area contributed by atoms with Crippen molar-refractivity contribution >= 4 is 34.5 Å². The highest BCUT2D eigenvalue weighted by molar-refractivity contribution is 6.31. The van der Waals surface area contributed by atoms with Crippen LogP contribution in [-0.4, -0.2) is 27.1 Å². The van der Waals surface area contributed by atoms with Crippen molar-refractivity contribution in [3.05, 3.63) is 77.4 Å². The quantitative estimate of drug-likeness (QED) is 0.497. The smallest absolute Gasteiger partial charge is 0.319 e. The van der Waals surface area contributed by atoms with Crippen LogP contribution in [0.4, 0.5) is 10.5 Å². The van der Waals surface area contributed by atoms with Gasteiger partial charge in [-0.05, 0) is 36.8 Å². The number of fused-ring (bicyclic) bond motifs is 1. The minimum Gasteiger partial charge on any atom is -0.336 e. The average molecular weight is 406 g/mol. The highest BCUT2D eigenvalue weighted by Gasteiger charge is 2.13. The summed E-state index contributed by atoms with van der Waals surface area (Å²) in [5.41, 5.74) is 4.23. The number of nitrogens with zero attached hydrogens (tertiary/aromatic N) is 3. The zero-order valence-corrected chi connectivity index (χ0v) is 16.6. The standard InChI is InChI=1S/C22H20ClN5O/c1-15-9-10-17(14-18(15)23)26-22(29)25-12-13-28-20(16-6-3-2-4-7-16)27-19-8-5-11-24-21(19)28/h2-11,14H,12-13H2,1H3,(H2,25,26,29). The second kappa shape index (κ2) is 8.32. The summed E-state index contributed by atoms with van der Waals surface area (Å²) in [7, 11) is 0. The molecule has 7 heteroatoms. The Bertz CT molecular complexity index is 1160. The van der Waals surface area contributed by atoms with E-state index in [2.05, 4.69) is 15.6 Å². The number of benzene rings is 2. The number of aryl methyl sites for hydroxylation is 1. The maximum atomic E-state index is 12.2. The molecule has 0 atom stereocenters. The summed E-state index contributed by atoms with van der Waals surface area (Å²) in [6.45, 7) is 2.88. The zero-order valence-electron chi connectivity index (χ0n) is 15.9. The largest absolute Gasteiger partial charge is 0.336 e. The number of amides is 2. The van der Waals surface area contributed by atoms with Crippen molar-refractivity contribution in [2.24, 2.45) is 0 Å². The van der Waals surface area contributed by atoms with Crippen LogP contribution in [0.3, 0.4) is 0 Å². The molecular weight excluding hydrogens is 386 g/mol. The SMILES string of the molecule is Cc1ccc(NC(=O)NCCn2c(-c3ccccc3)nc3cccnc32)cc1Cl. The van der Waals surface area contributed by atoms with E-state index in [-0.39, 0.29) is 6.03 Å². The van der Waals surface area contributed by atoms with E-state index >= 15 is 0 Å². The van der Waals surface area contributed by atoms with Gasteiger partial charge < -0.3 is 15.2 Å². The normalized spacial score (nSPS) is 10.8. The number of carbonyl (C=O) groups excluding carboxylic acids is 1. The lowest BCUT2D eigenvalue weighted by atomic mass is 10.2. The Balaban J connectivity index is 1.48. The number of halogens is 1. The molecule has 0 radical (unpaired) electrons. The monoisotopic (exact) mass is 405 g/mol. The molecule has 0 saturated heterocycles. The Labute approximate surface area is 173 Å². The van der Waals surface area contributed by atoms with Crippen molar-refractivity contribution in [3.63, 3.8) is 0 Å². The first-order valence-corrected chi connectivity index (χ1v) is 9.67. The summed E-state index contributed by atoms with van der Waals surface area (Å²) in [6, 6.07) is 18.9. The van der Waals surface area contributed by atoms with E-state index in [1.54, 1.807) is 12.3 Å². The molecule has 0 aliphatic carbocycles. The molecule has 2 heterocycles. The maximum absolute atomic E-state index is 12.2. The maximum Gasteiger partial charge on any atom is 0.319 e. The van der Waals surface area contributed by atoms with E-state index in [0.29, 0.717) is 23.8 Å². The third kappa shape index (κ3) is 4.22. The third-order valence-corrected chi connectivity index (χ3v) is 4.99. The van der Waals surface area contributed by atoms with Crippen molar-refractivity contribution in [2.75, 3.05) is 11.9 Å². The van der Waals surface area contributed by atoms with E-state index < -0.39 is 0 Å². The molecule has 0 unspecified atom stereocenters. The van der Waals surface area contributed by atoms with Crippen molar-refractivity contribution in [1.82, 2.24) is 19.9 Å². The van der Waals surface area contributed by atoms with Gasteiger partial charge in [0.2, 0.25) is 0 Å². The Morgan fingerprint density at radius 2 is 1.93 bits per heavy atom. The predicted octanol–water partition coefficient (Wildman–Crippen LogP) is 4.88. The zero-order chi connectivity index (χ0) is 20.2. The van der Waals surface area contributed by atoms with Crippen LogP contribution in [-0.2, 0) is 6.54 Å². The molecule has 29 heavy (non-hydrogen) atoms. The van der Waals surface area contributed by atoms with Crippen molar-refractivity contribution in [3.8, 4) is 11.4 Å². The molecule has 2 N–H and O–H groups in total. The van der Waals surface area contributed by atoms with Gasteiger partial charge in [0.1, 0.15) is 11.3 Å². The first-order chi connectivity index (χ1) is 14.1. The fourth-order valence-corrected chi connectivity index (χ4v) is 3.29. The molecule has 0 fully saturated rings. The van der Waals surface area contributed by atoms with Gasteiger partial charge in [-0.3, -0.25) is 0 Å². The van der Waals surface area contributed by atoms with E-state index in [0.717, 1.165) is 28.1 Å². The van der Waals surface area contributed by atoms with Crippen molar-refractivity contribution < 1.29 is 4.79 Å². The summed E-state index contributed by atoms with van der Waals surface area (Å²) < 4.78 is 2.02. The number of urea groups is 1. The van der Waals surface area contributed by atoms with Gasteiger partial charge in [0.25, 0.3) is 0 Å². The van der Waals surface area contributed by atoms with Gasteiger partial charge >= 0.3 is 6.03 Å². The van der Waals surface area contributed by atoms with Crippen LogP contribution < -0.4 is 10.6 Å². The summed E-state index contributed by atoms with van der Waals surface area (Å²) in [5, 5.41) is 6.29. The Morgan fingerprint density at radius 1 is 1.10 bits per heavy atom. The molecule has 4 rings (SSSR count). The molecule has 2 amide bonds. The van der Waals surface area contributed by atoms with E-state index in [9.17, 15) is 4.79 Å². The fourth-order valence-electron chi connectivity index (χ4n) is 3.11. The number of nitrogens with one attached hydrogen (secondary N) is 2. The Morgan fingerprint density at radius 3 is 2.72 bits per heavy atom. The average Bonchev–Trinajstić information content (AvgIpc) is 3.10. The number of imidazole rings is 1. The number of anilines is 1. The minimum absolute atomic E-state index is 0.288. The molecule has 2 aromatic carbocycles. The number of rotatable bonds is 5. The molecule has 0 saturated carbocycles. The van der Waals surface area contributed by atoms with Crippen LogP contribution in [0.1, 0.15) is 5.56 Å². The molecular formula is C22H20ClN5O. The Kier molecular flexibility index (Phi) is 5.44. The minimum atomic E-state index is -0.288. The van der Waals surface area contributed by atoms with Crippen LogP contribution in [0.25, 0.3) is 22.6 Å². The lowest BCUT2D eigenvalue weighted by Crippen LogP contribution is -2.31. The second-order valence-electron chi connectivity index (χ2n) is 6.64. The van der Waals surface area contributed by atoms with Crippen LogP contribution >= 0.6 is 11.6 Å². The van der Waals surface area contributed by atoms with Crippen LogP contribution in [0.15, 0.2) is 66.9 Å². The van der Waals surface area contributed by atoms with Crippen LogP contribution in [0.2, 0.25) is 5.02 Å². The summed E-state index contributed by atoms with van der Waals surface area (Å²) >= 11 is 6.11. The topological polar surface area (TPSA) is 71.8 Å². The number of hydrogen-bond acceptors (Lipinski definition) is 3. The summed E-state index contributed by atoms with van der Waals surface area (Å²) in [6.07, 6.45) is 1.75. The van der Waals surface area contributed by atoms with Gasteiger partial charge in [0, 0.05) is 35.6 Å². The van der Waals surface area contributed by atoms with E-state index in [1.807, 2.05) is 66.1 Å². The highest BCUT2D eigenvalue weighted by atomic mass is 35.5. The van der Waals surface area contributed by atoms with Crippen molar-refractivity contribution in [1.29, 1.82) is 0 Å². The van der Waals surface area contributed by atoms with Crippen LogP contribution in [0.5, 0.6) is 0 Å². The van der Waals surface area contributed by atoms with E-state index in [1.165, 1.54) is 0 Å². The molecule has 4 aromatic rings. The number of carbonyl (C=O) groups is 1. The molecule has 0 bridgehead atoms. The molecule has 146 valence electrons. The lowest BCUT2D eigenvalue weighted by Gasteiger charge is -2.11. The van der Waals surface area contributed by atoms with Gasteiger partial charge in [-0.15, -0.1) is 0 Å². The third-order valence-electron chi connectivity index (χ3n) is 4.59. The fraction of sp³-hybridized carbons (Fsp3) is 0.136. The summed E-state index contributed by atoms with van der Waals surface area (Å²) in [4.78, 5) is 21.4. The molecule has 0 aliphatic heterocycles. The predicted molar refractivity (Wildman–Crippen MR) is 116 cm³/mol. The Hall–Kier alpha value is -3.38. The summed E-state index contributed by atoms with van der Waals surface area (Å²) in [5.74, 6) is 0.826. The number of hydrogen-bond donors (Lipinski definition) is 2. The van der Waals surface area contributed by atoms with Gasteiger partial charge in [-0.2, -0.15) is 0 Å². The second-order valence-corrected chi connectivity index (χ2v) is 7.05. The van der Waals surface area contributed by atoms with Gasteiger partial charge in [0.15, 0.2) is 5.65 Å². The van der Waals surface area contributed by atoms with Crippen LogP contribution in [0, 0.1) is 6.92 Å². The van der Waals surface area contributed by atoms with Gasteiger partial charge in [-0.25, -0.2) is 14.8 Å². The van der Waals surface area contributed by atoms with E-state index in [4.69, 9.17) is 16.6 Å². The number of pyridine rings is 1. The molecule has 0 spiro atoms. The van der Waals surface area contributed by atoms with Crippen molar-refractivity contribution in [2.45, 2.75) is 13.5 Å². The lowest BCUT2D eigenvalue weighted by molar-refractivity contribution is 0.251. The molecule has 6 nitrogen and oxygen atoms in total. The highest BCUT2D eigenvalue weighted by Crippen LogP contribution is 2.23. The molecule has 0 aliphatic rings. The van der Waals surface area contributed by atoms with Gasteiger partial charge in [-0.1, -0.05) is 48.0 Å². The molecule has 2 aromatic heterocycles.